The summed E-state index contributed by atoms with van der Waals surface area (Å²) in [5.74, 6) is -0.176. The predicted molar refractivity (Wildman–Crippen MR) is 109 cm³/mol. The molecule has 26 heavy (non-hydrogen) atoms. The first-order valence-electron chi connectivity index (χ1n) is 7.98. The second-order valence-electron chi connectivity index (χ2n) is 5.16. The Kier molecular flexibility index (Phi) is 8.39. The van der Waals surface area contributed by atoms with Crippen LogP contribution in [0.2, 0.25) is 0 Å². The quantitative estimate of drug-likeness (QED) is 0.414. The van der Waals surface area contributed by atoms with E-state index in [-0.39, 0.29) is 38.1 Å². The second kappa shape index (κ2) is 10.8. The molecule has 0 fully saturated rings. The van der Waals surface area contributed by atoms with Gasteiger partial charge in [-0.1, -0.05) is 0 Å². The summed E-state index contributed by atoms with van der Waals surface area (Å²) < 4.78 is 2.09. The number of hydrogen-bond donors (Lipinski definition) is 2. The van der Waals surface area contributed by atoms with E-state index in [0.717, 1.165) is 8.92 Å². The number of benzene rings is 2. The van der Waals surface area contributed by atoms with Crippen LogP contribution >= 0.6 is 0 Å². The Morgan fingerprint density at radius 2 is 1.15 bits per heavy atom. The molecule has 6 heteroatoms. The van der Waals surface area contributed by atoms with Gasteiger partial charge in [0.2, 0.25) is 0 Å². The van der Waals surface area contributed by atoms with E-state index in [0.29, 0.717) is 24.2 Å². The molecular weight excluding hydrogens is 458 g/mol. The number of amides is 2. The molecule has 0 heterocycles. The van der Waals surface area contributed by atoms with E-state index >= 15 is 0 Å². The molecule has 2 N–H and O–H groups in total. The standard InChI is InChI=1S/C20H20N2O2Se2/c1-3-13-21-19(23)15-9-5-7-11-17(15)25-26-18-12-8-6-10-16(18)20(24)22-14-4-2/h3-12H,1-2,13-14H2,(H,21,23)(H,22,24). The normalized spacial score (nSPS) is 10.0. The Hall–Kier alpha value is -2.10. The zero-order valence-electron chi connectivity index (χ0n) is 14.2. The van der Waals surface area contributed by atoms with Crippen LogP contribution in [-0.2, 0) is 0 Å². The Bertz CT molecular complexity index is 738. The average molecular weight is 478 g/mol. The van der Waals surface area contributed by atoms with Crippen LogP contribution in [0, 0.1) is 0 Å². The van der Waals surface area contributed by atoms with Crippen LogP contribution in [0.3, 0.4) is 0 Å². The third-order valence-electron chi connectivity index (χ3n) is 3.30. The van der Waals surface area contributed by atoms with E-state index in [9.17, 15) is 9.59 Å². The summed E-state index contributed by atoms with van der Waals surface area (Å²) in [6.07, 6.45) is 3.32. The molecule has 0 aliphatic rings. The monoisotopic (exact) mass is 480 g/mol. The molecule has 2 amide bonds. The van der Waals surface area contributed by atoms with Crippen molar-refractivity contribution in [3.63, 3.8) is 0 Å². The Morgan fingerprint density at radius 1 is 0.769 bits per heavy atom. The van der Waals surface area contributed by atoms with Gasteiger partial charge in [0.05, 0.1) is 0 Å². The fourth-order valence-electron chi connectivity index (χ4n) is 2.06. The molecule has 0 bridgehead atoms. The third-order valence-corrected chi connectivity index (χ3v) is 10.5. The molecule has 2 aromatic rings. The Balaban J connectivity index is 2.15. The predicted octanol–water partition coefficient (Wildman–Crippen LogP) is 0.792. The van der Waals surface area contributed by atoms with Gasteiger partial charge in [-0.3, -0.25) is 0 Å². The SMILES string of the molecule is C=CCNC(=O)c1ccccc1[Se][Se]c1ccccc1C(=O)NCC=C. The third kappa shape index (κ3) is 5.72. The summed E-state index contributed by atoms with van der Waals surface area (Å²) in [5.41, 5.74) is 1.40. The van der Waals surface area contributed by atoms with Gasteiger partial charge in [-0.25, -0.2) is 0 Å². The van der Waals surface area contributed by atoms with Gasteiger partial charge in [0.1, 0.15) is 0 Å². The summed E-state index contributed by atoms with van der Waals surface area (Å²) in [4.78, 5) is 24.6. The minimum absolute atomic E-state index is 0.0872. The molecule has 134 valence electrons. The van der Waals surface area contributed by atoms with Gasteiger partial charge in [-0.15, -0.1) is 0 Å². The summed E-state index contributed by atoms with van der Waals surface area (Å²) in [7, 11) is 0. The van der Waals surface area contributed by atoms with Crippen molar-refractivity contribution in [3.05, 3.63) is 85.0 Å². The number of nitrogens with one attached hydrogen (secondary N) is 2. The molecule has 0 spiro atoms. The fourth-order valence-corrected chi connectivity index (χ4v) is 9.18. The number of carbonyl (C=O) groups excluding carboxylic acids is 2. The van der Waals surface area contributed by atoms with Crippen LogP contribution in [0.25, 0.3) is 0 Å². The van der Waals surface area contributed by atoms with E-state index in [1.807, 2.05) is 48.5 Å². The summed E-state index contributed by atoms with van der Waals surface area (Å²) >= 11 is 0.174. The van der Waals surface area contributed by atoms with Crippen LogP contribution in [0.5, 0.6) is 0 Å². The summed E-state index contributed by atoms with van der Waals surface area (Å²) in [6.45, 7) is 8.12. The van der Waals surface area contributed by atoms with E-state index in [1.54, 1.807) is 12.2 Å². The maximum atomic E-state index is 12.3. The van der Waals surface area contributed by atoms with Gasteiger partial charge < -0.3 is 0 Å². The molecule has 2 rings (SSSR count). The molecule has 2 aromatic carbocycles. The van der Waals surface area contributed by atoms with E-state index in [2.05, 4.69) is 23.8 Å². The summed E-state index contributed by atoms with van der Waals surface area (Å²) in [5, 5.41) is 5.65. The number of rotatable bonds is 9. The van der Waals surface area contributed by atoms with E-state index < -0.39 is 0 Å². The maximum absolute atomic E-state index is 12.3. The Labute approximate surface area is 165 Å². The van der Waals surface area contributed by atoms with Gasteiger partial charge in [0.15, 0.2) is 0 Å². The van der Waals surface area contributed by atoms with Gasteiger partial charge in [-0.2, -0.15) is 0 Å². The van der Waals surface area contributed by atoms with Crippen molar-refractivity contribution < 1.29 is 9.59 Å². The van der Waals surface area contributed by atoms with Crippen molar-refractivity contribution in [1.29, 1.82) is 0 Å². The van der Waals surface area contributed by atoms with Crippen molar-refractivity contribution >= 4 is 47.0 Å². The van der Waals surface area contributed by atoms with E-state index in [1.165, 1.54) is 0 Å². The van der Waals surface area contributed by atoms with Gasteiger partial charge in [0, 0.05) is 0 Å². The fraction of sp³-hybridized carbons (Fsp3) is 0.100. The van der Waals surface area contributed by atoms with Crippen LogP contribution < -0.4 is 19.6 Å². The van der Waals surface area contributed by atoms with Crippen molar-refractivity contribution in [3.8, 4) is 0 Å². The van der Waals surface area contributed by atoms with Crippen molar-refractivity contribution in [1.82, 2.24) is 10.6 Å². The first kappa shape index (κ1) is 20.2. The Morgan fingerprint density at radius 3 is 1.54 bits per heavy atom. The average Bonchev–Trinajstić information content (AvgIpc) is 2.69. The zero-order chi connectivity index (χ0) is 18.8. The van der Waals surface area contributed by atoms with E-state index in [4.69, 9.17) is 0 Å². The van der Waals surface area contributed by atoms with Gasteiger partial charge >= 0.3 is 165 Å². The van der Waals surface area contributed by atoms with Crippen molar-refractivity contribution in [2.24, 2.45) is 0 Å². The molecular formula is C20H20N2O2Se2. The molecule has 0 unspecified atom stereocenters. The molecule has 4 nitrogen and oxygen atoms in total. The first-order chi connectivity index (χ1) is 12.7. The number of carbonyl (C=O) groups is 2. The molecule has 0 radical (unpaired) electrons. The van der Waals surface area contributed by atoms with Crippen LogP contribution in [0.4, 0.5) is 0 Å². The summed E-state index contributed by atoms with van der Waals surface area (Å²) in [6, 6.07) is 15.3. The van der Waals surface area contributed by atoms with Crippen molar-refractivity contribution in [2.45, 2.75) is 0 Å². The minimum atomic E-state index is -0.0878. The molecule has 0 aliphatic heterocycles. The van der Waals surface area contributed by atoms with Crippen LogP contribution in [-0.4, -0.2) is 51.2 Å². The molecule has 0 aromatic heterocycles. The van der Waals surface area contributed by atoms with Crippen LogP contribution in [0.1, 0.15) is 20.7 Å². The van der Waals surface area contributed by atoms with Gasteiger partial charge in [0.25, 0.3) is 0 Å². The first-order valence-corrected chi connectivity index (χ1v) is 14.0. The van der Waals surface area contributed by atoms with Crippen molar-refractivity contribution in [2.75, 3.05) is 13.1 Å². The zero-order valence-corrected chi connectivity index (χ0v) is 17.7. The molecule has 0 saturated heterocycles. The molecule has 0 aliphatic carbocycles. The van der Waals surface area contributed by atoms with Crippen LogP contribution in [0.15, 0.2) is 73.8 Å². The molecule has 0 saturated carbocycles. The second-order valence-corrected chi connectivity index (χ2v) is 11.3. The number of hydrogen-bond acceptors (Lipinski definition) is 2. The van der Waals surface area contributed by atoms with Gasteiger partial charge in [-0.05, 0) is 0 Å². The molecule has 0 atom stereocenters. The topological polar surface area (TPSA) is 58.2 Å².